The number of amides is 1. The molecule has 0 unspecified atom stereocenters. The van der Waals surface area contributed by atoms with Crippen molar-refractivity contribution in [2.24, 2.45) is 5.92 Å². The van der Waals surface area contributed by atoms with Gasteiger partial charge in [-0.2, -0.15) is 5.10 Å². The van der Waals surface area contributed by atoms with E-state index in [-0.39, 0.29) is 24.0 Å². The Balaban J connectivity index is 1.27. The Morgan fingerprint density at radius 2 is 1.70 bits per heavy atom. The molecule has 4 aromatic rings. The number of aromatic nitrogens is 4. The fraction of sp³-hybridized carbons (Fsp3) is 0.419. The molecule has 0 aliphatic heterocycles. The van der Waals surface area contributed by atoms with Crippen molar-refractivity contribution in [3.63, 3.8) is 0 Å². The lowest BCUT2D eigenvalue weighted by molar-refractivity contribution is -0.127. The number of likely N-dealkylation sites (N-methyl/N-ethyl adjacent to an activating group) is 1. The Hall–Kier alpha value is -3.98. The molecule has 1 aliphatic rings. The number of rotatable bonds is 9. The van der Waals surface area contributed by atoms with E-state index in [0.29, 0.717) is 17.6 Å². The van der Waals surface area contributed by atoms with Crippen LogP contribution in [0.1, 0.15) is 52.0 Å². The van der Waals surface area contributed by atoms with Crippen LogP contribution < -0.4 is 15.8 Å². The minimum Gasteiger partial charge on any atom is -0.457 e. The predicted molar refractivity (Wildman–Crippen MR) is 158 cm³/mol. The largest absolute Gasteiger partial charge is 0.457 e. The molecule has 0 radical (unpaired) electrons. The van der Waals surface area contributed by atoms with E-state index < -0.39 is 0 Å². The number of nitrogen functional groups attached to an aromatic ring is 1. The van der Waals surface area contributed by atoms with Gasteiger partial charge in [0.05, 0.1) is 23.7 Å². The zero-order valence-electron chi connectivity index (χ0n) is 23.7. The number of ether oxygens (including phenoxy) is 1. The zero-order valence-corrected chi connectivity index (χ0v) is 23.7. The van der Waals surface area contributed by atoms with Gasteiger partial charge in [-0.05, 0) is 88.5 Å². The van der Waals surface area contributed by atoms with E-state index in [0.717, 1.165) is 60.2 Å². The third-order valence-corrected chi connectivity index (χ3v) is 7.58. The van der Waals surface area contributed by atoms with Crippen molar-refractivity contribution >= 4 is 22.8 Å². The summed E-state index contributed by atoms with van der Waals surface area (Å²) in [7, 11) is 3.95. The molecule has 0 bridgehead atoms. The first-order chi connectivity index (χ1) is 19.3. The first-order valence-corrected chi connectivity index (χ1v) is 14.1. The summed E-state index contributed by atoms with van der Waals surface area (Å²) in [5.41, 5.74) is 7.94. The van der Waals surface area contributed by atoms with Gasteiger partial charge in [-0.1, -0.05) is 32.0 Å². The van der Waals surface area contributed by atoms with Gasteiger partial charge >= 0.3 is 0 Å². The standard InChI is InChI=1S/C31H39N7O2/c1-20(2)18-27(37(3)4)31(39)34-22-12-14-23(15-13-22)38-30-26(19-33-38)28(32)35-29(36-30)21-10-16-25(17-11-21)40-24-8-6-5-7-9-24/h5-11,16-17,19-20,22-23,27H,12-15,18H2,1-4H3,(H,34,39)(H2,32,35,36)/t22?,23?,27-/m0/s1. The minimum atomic E-state index is -0.107. The second kappa shape index (κ2) is 12.0. The van der Waals surface area contributed by atoms with E-state index in [4.69, 9.17) is 15.5 Å². The van der Waals surface area contributed by atoms with Crippen molar-refractivity contribution in [1.82, 2.24) is 30.0 Å². The van der Waals surface area contributed by atoms with E-state index in [2.05, 4.69) is 29.2 Å². The van der Waals surface area contributed by atoms with Gasteiger partial charge in [0.15, 0.2) is 11.5 Å². The van der Waals surface area contributed by atoms with Crippen LogP contribution >= 0.6 is 0 Å². The maximum Gasteiger partial charge on any atom is 0.237 e. The normalized spacial score (nSPS) is 18.2. The van der Waals surface area contributed by atoms with Gasteiger partial charge in [0.2, 0.25) is 5.91 Å². The molecule has 1 atom stereocenters. The van der Waals surface area contributed by atoms with Crippen LogP contribution in [0.25, 0.3) is 22.4 Å². The maximum absolute atomic E-state index is 13.0. The fourth-order valence-corrected chi connectivity index (χ4v) is 5.40. The summed E-state index contributed by atoms with van der Waals surface area (Å²) in [5.74, 6) is 3.07. The molecule has 0 saturated heterocycles. The van der Waals surface area contributed by atoms with Crippen molar-refractivity contribution < 1.29 is 9.53 Å². The number of anilines is 1. The van der Waals surface area contributed by atoms with Gasteiger partial charge in [-0.25, -0.2) is 14.6 Å². The molecule has 5 rings (SSSR count). The molecule has 2 aromatic heterocycles. The molecule has 40 heavy (non-hydrogen) atoms. The van der Waals surface area contributed by atoms with Crippen LogP contribution in [0.5, 0.6) is 11.5 Å². The molecule has 1 aliphatic carbocycles. The number of benzene rings is 2. The van der Waals surface area contributed by atoms with Gasteiger partial charge in [-0.3, -0.25) is 9.69 Å². The van der Waals surface area contributed by atoms with E-state index >= 15 is 0 Å². The highest BCUT2D eigenvalue weighted by atomic mass is 16.5. The van der Waals surface area contributed by atoms with Gasteiger partial charge in [0.1, 0.15) is 17.3 Å². The van der Waals surface area contributed by atoms with Crippen LogP contribution in [0.4, 0.5) is 5.82 Å². The number of nitrogens with one attached hydrogen (secondary N) is 1. The average molecular weight is 542 g/mol. The van der Waals surface area contributed by atoms with Crippen LogP contribution in [0, 0.1) is 5.92 Å². The molecule has 2 aromatic carbocycles. The molecule has 1 amide bonds. The van der Waals surface area contributed by atoms with Crippen molar-refractivity contribution in [2.75, 3.05) is 19.8 Å². The van der Waals surface area contributed by atoms with E-state index in [1.165, 1.54) is 0 Å². The highest BCUT2D eigenvalue weighted by molar-refractivity contribution is 5.87. The predicted octanol–water partition coefficient (Wildman–Crippen LogP) is 5.44. The second-order valence-corrected chi connectivity index (χ2v) is 11.3. The lowest BCUT2D eigenvalue weighted by Crippen LogP contribution is -2.48. The molecule has 9 heteroatoms. The quantitative estimate of drug-likeness (QED) is 0.290. The number of fused-ring (bicyclic) bond motifs is 1. The summed E-state index contributed by atoms with van der Waals surface area (Å²) < 4.78 is 7.90. The third kappa shape index (κ3) is 6.25. The minimum absolute atomic E-state index is 0.107. The van der Waals surface area contributed by atoms with Crippen molar-refractivity contribution in [3.8, 4) is 22.9 Å². The molecular formula is C31H39N7O2. The number of hydrogen-bond donors (Lipinski definition) is 2. The lowest BCUT2D eigenvalue weighted by atomic mass is 9.90. The fourth-order valence-electron chi connectivity index (χ4n) is 5.40. The molecule has 1 fully saturated rings. The highest BCUT2D eigenvalue weighted by Gasteiger charge is 2.29. The van der Waals surface area contributed by atoms with Crippen LogP contribution in [-0.4, -0.2) is 56.7 Å². The first-order valence-electron chi connectivity index (χ1n) is 14.1. The van der Waals surface area contributed by atoms with Crippen LogP contribution in [-0.2, 0) is 4.79 Å². The summed E-state index contributed by atoms with van der Waals surface area (Å²) in [6.07, 6.45) is 6.21. The number of hydrogen-bond acceptors (Lipinski definition) is 7. The number of nitrogens with zero attached hydrogens (tertiary/aromatic N) is 5. The Labute approximate surface area is 235 Å². The summed E-state index contributed by atoms with van der Waals surface area (Å²) in [6, 6.07) is 17.6. The van der Waals surface area contributed by atoms with Gasteiger partial charge < -0.3 is 15.8 Å². The van der Waals surface area contributed by atoms with E-state index in [1.807, 2.05) is 78.3 Å². The van der Waals surface area contributed by atoms with Crippen molar-refractivity contribution in [1.29, 1.82) is 0 Å². The topological polar surface area (TPSA) is 111 Å². The van der Waals surface area contributed by atoms with Crippen LogP contribution in [0.2, 0.25) is 0 Å². The molecule has 210 valence electrons. The Morgan fingerprint density at radius 1 is 1.02 bits per heavy atom. The number of nitrogens with two attached hydrogens (primary N) is 1. The summed E-state index contributed by atoms with van der Waals surface area (Å²) >= 11 is 0. The Morgan fingerprint density at radius 3 is 2.35 bits per heavy atom. The summed E-state index contributed by atoms with van der Waals surface area (Å²) in [6.45, 7) is 4.31. The van der Waals surface area contributed by atoms with Gasteiger partial charge in [0, 0.05) is 11.6 Å². The molecule has 9 nitrogen and oxygen atoms in total. The molecule has 3 N–H and O–H groups in total. The van der Waals surface area contributed by atoms with Gasteiger partial charge in [0.25, 0.3) is 0 Å². The Bertz CT molecular complexity index is 1430. The summed E-state index contributed by atoms with van der Waals surface area (Å²) in [4.78, 5) is 24.4. The van der Waals surface area contributed by atoms with Gasteiger partial charge in [-0.15, -0.1) is 0 Å². The van der Waals surface area contributed by atoms with Crippen molar-refractivity contribution in [3.05, 3.63) is 60.8 Å². The van der Waals surface area contributed by atoms with Crippen LogP contribution in [0.15, 0.2) is 60.8 Å². The SMILES string of the molecule is CC(C)C[C@@H](C(=O)NC1CCC(n2ncc3c(N)nc(-c4ccc(Oc5ccccc5)cc4)nc32)CC1)N(C)C. The zero-order chi connectivity index (χ0) is 28.2. The van der Waals surface area contributed by atoms with E-state index in [9.17, 15) is 4.79 Å². The lowest BCUT2D eigenvalue weighted by Gasteiger charge is -2.32. The molecule has 0 spiro atoms. The first kappa shape index (κ1) is 27.6. The highest BCUT2D eigenvalue weighted by Crippen LogP contribution is 2.33. The average Bonchev–Trinajstić information content (AvgIpc) is 3.37. The Kier molecular flexibility index (Phi) is 8.30. The number of carbonyl (C=O) groups excluding carboxylic acids is 1. The van der Waals surface area contributed by atoms with Crippen LogP contribution in [0.3, 0.4) is 0 Å². The molecule has 1 saturated carbocycles. The van der Waals surface area contributed by atoms with E-state index in [1.54, 1.807) is 6.20 Å². The molecular weight excluding hydrogens is 502 g/mol. The monoisotopic (exact) mass is 541 g/mol. The summed E-state index contributed by atoms with van der Waals surface area (Å²) in [5, 5.41) is 8.72. The smallest absolute Gasteiger partial charge is 0.237 e. The molecule has 2 heterocycles. The maximum atomic E-state index is 13.0. The third-order valence-electron chi connectivity index (χ3n) is 7.58. The van der Waals surface area contributed by atoms with Crippen molar-refractivity contribution in [2.45, 2.75) is 64.1 Å². The second-order valence-electron chi connectivity index (χ2n) is 11.3. The number of carbonyl (C=O) groups is 1. The number of para-hydroxylation sites is 1.